The molecule has 4 rings (SSSR count). The third kappa shape index (κ3) is 4.55. The van der Waals surface area contributed by atoms with Gasteiger partial charge in [-0.1, -0.05) is 44.7 Å². The number of rotatable bonds is 6. The van der Waals surface area contributed by atoms with Crippen molar-refractivity contribution >= 4 is 12.0 Å². The monoisotopic (exact) mass is 417 g/mol. The summed E-state index contributed by atoms with van der Waals surface area (Å²) in [6.07, 6.45) is 14.0. The van der Waals surface area contributed by atoms with Crippen LogP contribution in [0.2, 0.25) is 0 Å². The Labute approximate surface area is 187 Å². The highest BCUT2D eigenvalue weighted by Gasteiger charge is 2.25. The standard InChI is InChI=1S/C26H35N5/c1-5-21(3)31-22(4)30(20-27-31)26-9-7-8-24(14-15-26)28-16-18-29(19-17-28)25-12-10-23(6-2)11-13-25/h8-15,20-21H,4-7,16-19H2,1-3H3. The molecule has 0 N–H and O–H groups in total. The van der Waals surface area contributed by atoms with Gasteiger partial charge in [-0.25, -0.2) is 5.01 Å². The first-order chi connectivity index (χ1) is 15.1. The number of aryl methyl sites for hydroxylation is 1. The third-order valence-electron chi connectivity index (χ3n) is 6.55. The molecule has 164 valence electrons. The Morgan fingerprint density at radius 2 is 1.58 bits per heavy atom. The molecule has 2 aliphatic heterocycles. The van der Waals surface area contributed by atoms with E-state index >= 15 is 0 Å². The normalized spacial score (nSPS) is 20.2. The van der Waals surface area contributed by atoms with Gasteiger partial charge in [0.1, 0.15) is 12.2 Å². The van der Waals surface area contributed by atoms with E-state index in [9.17, 15) is 0 Å². The minimum Gasteiger partial charge on any atom is -0.368 e. The van der Waals surface area contributed by atoms with Gasteiger partial charge in [0.25, 0.3) is 0 Å². The van der Waals surface area contributed by atoms with Crippen LogP contribution in [0, 0.1) is 0 Å². The van der Waals surface area contributed by atoms with Crippen molar-refractivity contribution in [1.82, 2.24) is 14.8 Å². The Hall–Kier alpha value is -2.95. The van der Waals surface area contributed by atoms with Crippen LogP contribution in [0.15, 0.2) is 77.5 Å². The summed E-state index contributed by atoms with van der Waals surface area (Å²) in [5, 5.41) is 6.57. The van der Waals surface area contributed by atoms with Crippen LogP contribution in [-0.2, 0) is 6.42 Å². The molecule has 1 unspecified atom stereocenters. The van der Waals surface area contributed by atoms with Crippen molar-refractivity contribution in [1.29, 1.82) is 0 Å². The van der Waals surface area contributed by atoms with Crippen molar-refractivity contribution in [2.45, 2.75) is 46.1 Å². The highest BCUT2D eigenvalue weighted by atomic mass is 15.6. The fraction of sp³-hybridized carbons (Fsp3) is 0.423. The fourth-order valence-corrected chi connectivity index (χ4v) is 4.29. The van der Waals surface area contributed by atoms with Gasteiger partial charge >= 0.3 is 0 Å². The molecule has 1 aromatic carbocycles. The lowest BCUT2D eigenvalue weighted by atomic mass is 10.1. The predicted molar refractivity (Wildman–Crippen MR) is 131 cm³/mol. The van der Waals surface area contributed by atoms with Crippen LogP contribution in [0.25, 0.3) is 0 Å². The van der Waals surface area contributed by atoms with E-state index in [0.717, 1.165) is 57.0 Å². The molecular formula is C26H35N5. The predicted octanol–water partition coefficient (Wildman–Crippen LogP) is 4.93. The quantitative estimate of drug-likeness (QED) is 0.655. The average Bonchev–Trinajstić information content (AvgIpc) is 3.04. The SMILES string of the molecule is C=C1N(C2=CCC=C(N3CCN(c4ccc(CC)cc4)CC3)C=C2)C=NN1C(C)CC. The number of anilines is 1. The maximum Gasteiger partial charge on any atom is 0.128 e. The summed E-state index contributed by atoms with van der Waals surface area (Å²) >= 11 is 0. The Balaban J connectivity index is 1.35. The lowest BCUT2D eigenvalue weighted by Crippen LogP contribution is -2.45. The topological polar surface area (TPSA) is 25.3 Å². The second-order valence-electron chi connectivity index (χ2n) is 8.44. The highest BCUT2D eigenvalue weighted by Crippen LogP contribution is 2.27. The van der Waals surface area contributed by atoms with Gasteiger partial charge in [0.05, 0.1) is 6.04 Å². The summed E-state index contributed by atoms with van der Waals surface area (Å²) in [7, 11) is 0. The zero-order valence-electron chi connectivity index (χ0n) is 19.2. The van der Waals surface area contributed by atoms with Crippen molar-refractivity contribution in [2.75, 3.05) is 31.1 Å². The Bertz CT molecular complexity index is 900. The van der Waals surface area contributed by atoms with Crippen LogP contribution in [-0.4, -0.2) is 53.4 Å². The Morgan fingerprint density at radius 1 is 0.935 bits per heavy atom. The molecular weight excluding hydrogens is 382 g/mol. The van der Waals surface area contributed by atoms with E-state index in [1.807, 2.05) is 11.3 Å². The summed E-state index contributed by atoms with van der Waals surface area (Å²) < 4.78 is 0. The number of nitrogens with zero attached hydrogens (tertiary/aromatic N) is 5. The van der Waals surface area contributed by atoms with Gasteiger partial charge in [0, 0.05) is 43.3 Å². The van der Waals surface area contributed by atoms with Gasteiger partial charge in [0.2, 0.25) is 0 Å². The summed E-state index contributed by atoms with van der Waals surface area (Å²) in [6, 6.07) is 9.39. The summed E-state index contributed by atoms with van der Waals surface area (Å²) in [5.74, 6) is 0.927. The van der Waals surface area contributed by atoms with E-state index in [1.54, 1.807) is 0 Å². The lowest BCUT2D eigenvalue weighted by molar-refractivity contribution is 0.260. The molecule has 1 aliphatic carbocycles. The molecule has 0 bridgehead atoms. The van der Waals surface area contributed by atoms with Crippen LogP contribution < -0.4 is 4.90 Å². The molecule has 1 saturated heterocycles. The smallest absolute Gasteiger partial charge is 0.128 e. The number of hydrazone groups is 1. The van der Waals surface area contributed by atoms with Crippen molar-refractivity contribution in [3.05, 3.63) is 77.9 Å². The van der Waals surface area contributed by atoms with Gasteiger partial charge in [-0.05, 0) is 56.0 Å². The van der Waals surface area contributed by atoms with E-state index in [1.165, 1.54) is 16.9 Å². The molecule has 5 nitrogen and oxygen atoms in total. The molecule has 0 saturated carbocycles. The minimum atomic E-state index is 0.354. The third-order valence-corrected chi connectivity index (χ3v) is 6.55. The number of benzene rings is 1. The first kappa shape index (κ1) is 21.3. The summed E-state index contributed by atoms with van der Waals surface area (Å²) in [4.78, 5) is 7.09. The number of allylic oxidation sites excluding steroid dienone is 4. The average molecular weight is 418 g/mol. The zero-order valence-corrected chi connectivity index (χ0v) is 19.2. The maximum atomic E-state index is 4.56. The fourth-order valence-electron chi connectivity index (χ4n) is 4.29. The molecule has 0 spiro atoms. The van der Waals surface area contributed by atoms with Gasteiger partial charge in [0.15, 0.2) is 0 Å². The van der Waals surface area contributed by atoms with Crippen molar-refractivity contribution in [3.63, 3.8) is 0 Å². The van der Waals surface area contributed by atoms with E-state index in [0.29, 0.717) is 6.04 Å². The molecule has 1 fully saturated rings. The molecule has 31 heavy (non-hydrogen) atoms. The van der Waals surface area contributed by atoms with Crippen LogP contribution in [0.1, 0.15) is 39.2 Å². The van der Waals surface area contributed by atoms with Crippen molar-refractivity contribution in [3.8, 4) is 0 Å². The van der Waals surface area contributed by atoms with Crippen LogP contribution in [0.3, 0.4) is 0 Å². The number of hydrogen-bond donors (Lipinski definition) is 0. The second kappa shape index (κ2) is 9.46. The largest absolute Gasteiger partial charge is 0.368 e. The molecule has 5 heteroatoms. The molecule has 2 heterocycles. The molecule has 3 aliphatic rings. The summed E-state index contributed by atoms with van der Waals surface area (Å²) in [6.45, 7) is 15.0. The number of piperazine rings is 1. The molecule has 1 atom stereocenters. The van der Waals surface area contributed by atoms with Gasteiger partial charge in [-0.15, -0.1) is 0 Å². The van der Waals surface area contributed by atoms with E-state index in [2.05, 4.69) is 95.7 Å². The van der Waals surface area contributed by atoms with Gasteiger partial charge < -0.3 is 9.80 Å². The first-order valence-electron chi connectivity index (χ1n) is 11.6. The van der Waals surface area contributed by atoms with E-state index < -0.39 is 0 Å². The van der Waals surface area contributed by atoms with E-state index in [4.69, 9.17) is 0 Å². The highest BCUT2D eigenvalue weighted by molar-refractivity contribution is 5.65. The van der Waals surface area contributed by atoms with Crippen LogP contribution >= 0.6 is 0 Å². The summed E-state index contributed by atoms with van der Waals surface area (Å²) in [5.41, 5.74) is 5.19. The second-order valence-corrected chi connectivity index (χ2v) is 8.44. The maximum absolute atomic E-state index is 4.56. The van der Waals surface area contributed by atoms with Gasteiger partial charge in [-0.2, -0.15) is 5.10 Å². The molecule has 0 amide bonds. The molecule has 0 radical (unpaired) electrons. The van der Waals surface area contributed by atoms with E-state index in [-0.39, 0.29) is 0 Å². The number of hydrogen-bond acceptors (Lipinski definition) is 5. The molecule has 0 aromatic heterocycles. The zero-order chi connectivity index (χ0) is 21.8. The lowest BCUT2D eigenvalue weighted by Gasteiger charge is -2.38. The minimum absolute atomic E-state index is 0.354. The Kier molecular flexibility index (Phi) is 6.50. The van der Waals surface area contributed by atoms with Crippen molar-refractivity contribution in [2.24, 2.45) is 5.10 Å². The van der Waals surface area contributed by atoms with Crippen molar-refractivity contribution < 1.29 is 0 Å². The first-order valence-corrected chi connectivity index (χ1v) is 11.6. The van der Waals surface area contributed by atoms with Gasteiger partial charge in [-0.3, -0.25) is 4.90 Å². The molecule has 1 aromatic rings. The Morgan fingerprint density at radius 3 is 2.26 bits per heavy atom. The van der Waals surface area contributed by atoms with Crippen LogP contribution in [0.4, 0.5) is 5.69 Å². The van der Waals surface area contributed by atoms with Crippen LogP contribution in [0.5, 0.6) is 0 Å².